The van der Waals surface area contributed by atoms with Crippen LogP contribution in [-0.2, 0) is 29.5 Å². The number of carbonyl (C=O) groups is 3. The van der Waals surface area contributed by atoms with Gasteiger partial charge in [0.1, 0.15) is 30.0 Å². The van der Waals surface area contributed by atoms with Crippen molar-refractivity contribution in [3.05, 3.63) is 143 Å². The van der Waals surface area contributed by atoms with Crippen LogP contribution in [0.1, 0.15) is 43.2 Å². The topological polar surface area (TPSA) is 135 Å². The third kappa shape index (κ3) is 7.98. The number of anilines is 1. The van der Waals surface area contributed by atoms with Crippen LogP contribution in [0, 0.1) is 0 Å². The molecule has 5 aromatic rings. The molecule has 55 heavy (non-hydrogen) atoms. The number of nitrogens with one attached hydrogen (secondary N) is 2. The summed E-state index contributed by atoms with van der Waals surface area (Å²) in [7, 11) is 1.35. The maximum absolute atomic E-state index is 14.0. The molecule has 14 heteroatoms. The van der Waals surface area contributed by atoms with Crippen molar-refractivity contribution in [2.24, 2.45) is 5.16 Å². The number of carbonyl (C=O) groups excluding carboxylic acids is 3. The minimum atomic E-state index is -0.883. The van der Waals surface area contributed by atoms with Crippen molar-refractivity contribution in [2.75, 3.05) is 18.2 Å². The van der Waals surface area contributed by atoms with Crippen LogP contribution in [0.2, 0.25) is 0 Å². The molecule has 4 heterocycles. The van der Waals surface area contributed by atoms with E-state index < -0.39 is 41.1 Å². The lowest BCUT2D eigenvalue weighted by molar-refractivity contribution is -0.174. The van der Waals surface area contributed by atoms with E-state index in [1.54, 1.807) is 37.2 Å². The minimum Gasteiger partial charge on any atom is -0.458 e. The van der Waals surface area contributed by atoms with Gasteiger partial charge in [0.05, 0.1) is 15.6 Å². The van der Waals surface area contributed by atoms with Crippen LogP contribution in [0.25, 0.3) is 0 Å². The molecule has 3 aromatic carbocycles. The Kier molecular flexibility index (Phi) is 11.3. The molecule has 4 atom stereocenters. The Labute approximate surface area is 332 Å². The molecule has 11 nitrogen and oxygen atoms in total. The Morgan fingerprint density at radius 3 is 2.04 bits per heavy atom. The second-order valence-corrected chi connectivity index (χ2v) is 17.4. The number of fused-ring (bicyclic) bond motifs is 1. The third-order valence-electron chi connectivity index (χ3n) is 9.12. The van der Waals surface area contributed by atoms with E-state index >= 15 is 0 Å². The number of thiazole rings is 1. The summed E-state index contributed by atoms with van der Waals surface area (Å²) in [4.78, 5) is 57.4. The Hall–Kier alpha value is -5.18. The van der Waals surface area contributed by atoms with Crippen LogP contribution in [0.5, 0.6) is 0 Å². The fourth-order valence-electron chi connectivity index (χ4n) is 6.77. The van der Waals surface area contributed by atoms with E-state index in [9.17, 15) is 14.4 Å². The van der Waals surface area contributed by atoms with Gasteiger partial charge in [-0.25, -0.2) is 14.8 Å². The summed E-state index contributed by atoms with van der Waals surface area (Å²) in [6, 6.07) is 33.7. The summed E-state index contributed by atoms with van der Waals surface area (Å²) in [6.45, 7) is 5.38. The fourth-order valence-corrected chi connectivity index (χ4v) is 10.4. The van der Waals surface area contributed by atoms with E-state index in [1.165, 1.54) is 42.0 Å². The first-order valence-corrected chi connectivity index (χ1v) is 20.5. The van der Waals surface area contributed by atoms with E-state index in [0.717, 1.165) is 21.7 Å². The monoisotopic (exact) mass is 792 g/mol. The second kappa shape index (κ2) is 16.3. The van der Waals surface area contributed by atoms with Gasteiger partial charge >= 0.3 is 5.97 Å². The predicted octanol–water partition coefficient (Wildman–Crippen LogP) is 6.56. The number of thioether (sulfide) groups is 2. The van der Waals surface area contributed by atoms with Gasteiger partial charge in [0, 0.05) is 17.3 Å². The molecular formula is C41H40N6O5S3. The summed E-state index contributed by atoms with van der Waals surface area (Å²) in [5.74, 6) is -1.02. The lowest BCUT2D eigenvalue weighted by atomic mass is 9.77. The molecule has 0 aliphatic carbocycles. The predicted molar refractivity (Wildman–Crippen MR) is 217 cm³/mol. The first-order valence-electron chi connectivity index (χ1n) is 17.7. The van der Waals surface area contributed by atoms with Gasteiger partial charge in [-0.3, -0.25) is 9.59 Å². The maximum Gasteiger partial charge on any atom is 0.331 e. The molecule has 2 fully saturated rings. The molecule has 2 aromatic heterocycles. The summed E-state index contributed by atoms with van der Waals surface area (Å²) >= 11 is 4.27. The number of aromatic nitrogens is 2. The Morgan fingerprint density at radius 1 is 0.891 bits per heavy atom. The van der Waals surface area contributed by atoms with Crippen molar-refractivity contribution in [3.8, 4) is 0 Å². The number of amides is 2. The molecule has 0 saturated carbocycles. The highest BCUT2D eigenvalue weighted by Gasteiger charge is 2.58. The zero-order chi connectivity index (χ0) is 38.6. The summed E-state index contributed by atoms with van der Waals surface area (Å²) in [5, 5.41) is 13.7. The van der Waals surface area contributed by atoms with Crippen LogP contribution in [0.3, 0.4) is 0 Å². The number of β-lactam (4-membered cyclic amide) rings is 1. The number of oxime groups is 1. The molecule has 2 aliphatic rings. The van der Waals surface area contributed by atoms with Crippen LogP contribution in [0.15, 0.2) is 131 Å². The number of rotatable bonds is 12. The van der Waals surface area contributed by atoms with Crippen molar-refractivity contribution < 1.29 is 24.0 Å². The molecule has 2 N–H and O–H groups in total. The summed E-state index contributed by atoms with van der Waals surface area (Å²) in [5.41, 5.74) is 1.59. The van der Waals surface area contributed by atoms with Gasteiger partial charge in [-0.15, -0.1) is 23.1 Å². The second-order valence-electron chi connectivity index (χ2n) is 13.9. The van der Waals surface area contributed by atoms with E-state index in [2.05, 4.69) is 57.2 Å². The zero-order valence-corrected chi connectivity index (χ0v) is 33.1. The van der Waals surface area contributed by atoms with E-state index in [0.29, 0.717) is 10.9 Å². The normalized spacial score (nSPS) is 19.8. The molecule has 0 spiro atoms. The molecule has 4 unspecified atom stereocenters. The Bertz CT molecular complexity index is 2050. The largest absolute Gasteiger partial charge is 0.458 e. The molecule has 2 aliphatic heterocycles. The van der Waals surface area contributed by atoms with Gasteiger partial charge in [0.2, 0.25) is 5.91 Å². The van der Waals surface area contributed by atoms with Crippen molar-refractivity contribution in [1.29, 1.82) is 0 Å². The highest BCUT2D eigenvalue weighted by Crippen LogP contribution is 2.45. The summed E-state index contributed by atoms with van der Waals surface area (Å²) < 4.78 is 5.44. The fraction of sp³-hybridized carbons (Fsp3) is 0.268. The standard InChI is InChI=1S/C41H40N6O5S3/c1-40(2,3)52-37(50)34-38(55-31-22-14-15-23-42-31)53-25-30-33(36(49)47(30)34)44-35(48)32(46-51-4)29-24-54-39(43-29)45-41(26-16-8-5-9-17-26,27-18-10-6-11-19-27)28-20-12-7-13-21-28/h5-24,30,33-34,38H,25H2,1-4H3,(H,43,45)(H,44,48). The number of benzene rings is 3. The molecule has 0 radical (unpaired) electrons. The first-order chi connectivity index (χ1) is 26.6. The van der Waals surface area contributed by atoms with Crippen molar-refractivity contribution in [3.63, 3.8) is 0 Å². The lowest BCUT2D eigenvalue weighted by Crippen LogP contribution is -2.78. The van der Waals surface area contributed by atoms with Crippen molar-refractivity contribution in [2.45, 2.75) is 59.6 Å². The van der Waals surface area contributed by atoms with Gasteiger partial charge in [0.25, 0.3) is 5.91 Å². The van der Waals surface area contributed by atoms with Crippen LogP contribution < -0.4 is 10.6 Å². The van der Waals surface area contributed by atoms with E-state index in [4.69, 9.17) is 14.6 Å². The SMILES string of the molecule is CON=C(C(=O)NC1C(=O)N2C1CSC(Sc1ccccn1)C2C(=O)OC(C)(C)C)c1csc(NC(c2ccccc2)(c2ccccc2)c2ccccc2)n1. The Balaban J connectivity index is 1.13. The minimum absolute atomic E-state index is 0.0847. The average molecular weight is 793 g/mol. The number of ether oxygens (including phenoxy) is 1. The number of nitrogens with zero attached hydrogens (tertiary/aromatic N) is 4. The maximum atomic E-state index is 14.0. The van der Waals surface area contributed by atoms with Gasteiger partial charge in [-0.05, 0) is 49.6 Å². The van der Waals surface area contributed by atoms with Crippen LogP contribution in [-0.4, -0.2) is 79.5 Å². The van der Waals surface area contributed by atoms with Crippen molar-refractivity contribution >= 4 is 63.5 Å². The lowest BCUT2D eigenvalue weighted by Gasteiger charge is -2.54. The van der Waals surface area contributed by atoms with Crippen LogP contribution in [0.4, 0.5) is 5.13 Å². The molecule has 7 rings (SSSR count). The highest BCUT2D eigenvalue weighted by atomic mass is 32.2. The van der Waals surface area contributed by atoms with Gasteiger partial charge < -0.3 is 25.1 Å². The number of pyridine rings is 1. The molecule has 2 amide bonds. The Morgan fingerprint density at radius 2 is 1.49 bits per heavy atom. The molecule has 2 saturated heterocycles. The molecule has 282 valence electrons. The highest BCUT2D eigenvalue weighted by molar-refractivity contribution is 8.17. The van der Waals surface area contributed by atoms with Gasteiger partial charge in [-0.2, -0.15) is 0 Å². The number of hydrogen-bond acceptors (Lipinski definition) is 12. The van der Waals surface area contributed by atoms with E-state index in [1.807, 2.05) is 72.8 Å². The third-order valence-corrected chi connectivity index (χ3v) is 12.7. The van der Waals surface area contributed by atoms with Crippen molar-refractivity contribution in [1.82, 2.24) is 20.2 Å². The molecule has 0 bridgehead atoms. The average Bonchev–Trinajstić information content (AvgIpc) is 3.66. The van der Waals surface area contributed by atoms with E-state index in [-0.39, 0.29) is 21.9 Å². The smallest absolute Gasteiger partial charge is 0.331 e. The van der Waals surface area contributed by atoms with Gasteiger partial charge in [0.15, 0.2) is 16.9 Å². The van der Waals surface area contributed by atoms with Gasteiger partial charge in [-0.1, -0.05) is 114 Å². The number of esters is 1. The number of hydrogen-bond donors (Lipinski definition) is 2. The zero-order valence-electron chi connectivity index (χ0n) is 30.6. The van der Waals surface area contributed by atoms with Crippen LogP contribution >= 0.6 is 34.9 Å². The molecular weight excluding hydrogens is 753 g/mol. The summed E-state index contributed by atoms with van der Waals surface area (Å²) in [6.07, 6.45) is 1.69. The first kappa shape index (κ1) is 38.1. The quantitative estimate of drug-likeness (QED) is 0.0470.